The van der Waals surface area contributed by atoms with Crippen molar-refractivity contribution in [1.82, 2.24) is 5.01 Å². The SMILES string of the molecule is Cc1ccc(C)c(NC(=O)CSC2=Nc3ccccc3C3CC=NN23)c1. The Morgan fingerprint density at radius 2 is 2.12 bits per heavy atom. The van der Waals surface area contributed by atoms with Gasteiger partial charge in [0.2, 0.25) is 5.91 Å². The number of rotatable bonds is 3. The number of benzene rings is 2. The van der Waals surface area contributed by atoms with Gasteiger partial charge in [-0.25, -0.2) is 10.0 Å². The molecule has 5 nitrogen and oxygen atoms in total. The summed E-state index contributed by atoms with van der Waals surface area (Å²) in [7, 11) is 0. The van der Waals surface area contributed by atoms with E-state index in [1.165, 1.54) is 17.3 Å². The monoisotopic (exact) mass is 364 g/mol. The maximum Gasteiger partial charge on any atom is 0.234 e. The average molecular weight is 364 g/mol. The summed E-state index contributed by atoms with van der Waals surface area (Å²) in [6.07, 6.45) is 2.78. The second-order valence-electron chi connectivity index (χ2n) is 6.50. The zero-order chi connectivity index (χ0) is 18.1. The molecule has 0 saturated carbocycles. The van der Waals surface area contributed by atoms with Crippen LogP contribution in [0.3, 0.4) is 0 Å². The summed E-state index contributed by atoms with van der Waals surface area (Å²) in [6.45, 7) is 4.01. The topological polar surface area (TPSA) is 57.1 Å². The summed E-state index contributed by atoms with van der Waals surface area (Å²) in [5.41, 5.74) is 5.21. The summed E-state index contributed by atoms with van der Waals surface area (Å²) in [5.74, 6) is 0.262. The van der Waals surface area contributed by atoms with Crippen molar-refractivity contribution in [3.8, 4) is 0 Å². The number of hydrogen-bond acceptors (Lipinski definition) is 5. The Hall–Kier alpha value is -2.60. The van der Waals surface area contributed by atoms with E-state index in [-0.39, 0.29) is 11.9 Å². The second kappa shape index (κ2) is 6.96. The third kappa shape index (κ3) is 3.24. The minimum absolute atomic E-state index is 0.0371. The Morgan fingerprint density at radius 3 is 3.00 bits per heavy atom. The standard InChI is InChI=1S/C20H20N4OS/c1-13-7-8-14(2)17(11-13)22-19(25)12-26-20-23-16-6-4-3-5-15(16)18-9-10-21-24(18)20/h3-8,10-11,18H,9,12H2,1-2H3,(H,22,25). The van der Waals surface area contributed by atoms with Crippen LogP contribution in [0.15, 0.2) is 52.6 Å². The Bertz CT molecular complexity index is 922. The van der Waals surface area contributed by atoms with Gasteiger partial charge >= 0.3 is 0 Å². The number of hydrazone groups is 1. The zero-order valence-electron chi connectivity index (χ0n) is 14.8. The van der Waals surface area contributed by atoms with Crippen molar-refractivity contribution in [2.45, 2.75) is 26.3 Å². The second-order valence-corrected chi connectivity index (χ2v) is 7.45. The Morgan fingerprint density at radius 1 is 1.27 bits per heavy atom. The van der Waals surface area contributed by atoms with Crippen LogP contribution < -0.4 is 5.32 Å². The van der Waals surface area contributed by atoms with Gasteiger partial charge in [0.05, 0.1) is 17.5 Å². The first-order valence-electron chi connectivity index (χ1n) is 8.61. The maximum atomic E-state index is 12.4. The molecule has 26 heavy (non-hydrogen) atoms. The van der Waals surface area contributed by atoms with Crippen LogP contribution in [0.25, 0.3) is 0 Å². The third-order valence-corrected chi connectivity index (χ3v) is 5.48. The summed E-state index contributed by atoms with van der Waals surface area (Å²) in [5, 5.41) is 10.2. The van der Waals surface area contributed by atoms with Crippen LogP contribution in [0, 0.1) is 13.8 Å². The lowest BCUT2D eigenvalue weighted by Gasteiger charge is -2.29. The number of aryl methyl sites for hydroxylation is 2. The van der Waals surface area contributed by atoms with Crippen molar-refractivity contribution in [1.29, 1.82) is 0 Å². The van der Waals surface area contributed by atoms with E-state index >= 15 is 0 Å². The van der Waals surface area contributed by atoms with E-state index in [2.05, 4.69) is 16.5 Å². The van der Waals surface area contributed by atoms with Gasteiger partial charge in [-0.1, -0.05) is 42.1 Å². The predicted octanol–water partition coefficient (Wildman–Crippen LogP) is 4.41. The van der Waals surface area contributed by atoms with Crippen molar-refractivity contribution in [2.75, 3.05) is 11.1 Å². The largest absolute Gasteiger partial charge is 0.325 e. The molecule has 0 saturated heterocycles. The summed E-state index contributed by atoms with van der Waals surface area (Å²) >= 11 is 1.42. The fraction of sp³-hybridized carbons (Fsp3) is 0.250. The number of nitrogens with zero attached hydrogens (tertiary/aromatic N) is 3. The average Bonchev–Trinajstić information content (AvgIpc) is 3.13. The molecule has 1 N–H and O–H groups in total. The molecule has 6 heteroatoms. The van der Waals surface area contributed by atoms with Crippen LogP contribution in [0.5, 0.6) is 0 Å². The van der Waals surface area contributed by atoms with Crippen LogP contribution in [0.1, 0.15) is 29.2 Å². The van der Waals surface area contributed by atoms with E-state index in [0.29, 0.717) is 5.75 Å². The number of nitrogens with one attached hydrogen (secondary N) is 1. The first-order chi connectivity index (χ1) is 12.6. The molecule has 0 spiro atoms. The first kappa shape index (κ1) is 16.8. The molecule has 2 aromatic rings. The highest BCUT2D eigenvalue weighted by Gasteiger charge is 2.32. The van der Waals surface area contributed by atoms with Gasteiger partial charge < -0.3 is 5.32 Å². The van der Waals surface area contributed by atoms with Crippen molar-refractivity contribution < 1.29 is 4.79 Å². The number of aliphatic imine (C=N–C) groups is 1. The van der Waals surface area contributed by atoms with Crippen LogP contribution in [-0.2, 0) is 4.79 Å². The number of amides is 1. The number of thioether (sulfide) groups is 1. The zero-order valence-corrected chi connectivity index (χ0v) is 15.6. The number of carbonyl (C=O) groups is 1. The quantitative estimate of drug-likeness (QED) is 0.878. The fourth-order valence-electron chi connectivity index (χ4n) is 3.17. The van der Waals surface area contributed by atoms with Gasteiger partial charge in [0, 0.05) is 23.9 Å². The molecule has 2 aliphatic heterocycles. The summed E-state index contributed by atoms with van der Waals surface area (Å²) in [6, 6.07) is 14.4. The molecule has 1 amide bonds. The van der Waals surface area contributed by atoms with Gasteiger partial charge in [0.1, 0.15) is 0 Å². The van der Waals surface area contributed by atoms with E-state index < -0.39 is 0 Å². The van der Waals surface area contributed by atoms with Crippen LogP contribution in [0.4, 0.5) is 11.4 Å². The highest BCUT2D eigenvalue weighted by atomic mass is 32.2. The Labute approximate surface area is 157 Å². The molecular weight excluding hydrogens is 344 g/mol. The molecule has 4 rings (SSSR count). The van der Waals surface area contributed by atoms with E-state index in [4.69, 9.17) is 4.99 Å². The van der Waals surface area contributed by atoms with Gasteiger partial charge in [0.15, 0.2) is 5.17 Å². The molecule has 1 unspecified atom stereocenters. The number of anilines is 1. The van der Waals surface area contributed by atoms with Crippen molar-refractivity contribution in [3.05, 3.63) is 59.2 Å². The lowest BCUT2D eigenvalue weighted by molar-refractivity contribution is -0.113. The van der Waals surface area contributed by atoms with Gasteiger partial charge in [-0.2, -0.15) is 5.10 Å². The lowest BCUT2D eigenvalue weighted by Crippen LogP contribution is -2.29. The van der Waals surface area contributed by atoms with Gasteiger partial charge in [-0.15, -0.1) is 0 Å². The molecule has 1 atom stereocenters. The number of carbonyl (C=O) groups excluding carboxylic acids is 1. The molecule has 0 fully saturated rings. The highest BCUT2D eigenvalue weighted by molar-refractivity contribution is 8.14. The lowest BCUT2D eigenvalue weighted by atomic mass is 10.0. The van der Waals surface area contributed by atoms with E-state index in [0.717, 1.165) is 34.1 Å². The molecule has 2 heterocycles. The van der Waals surface area contributed by atoms with E-state index in [9.17, 15) is 4.79 Å². The minimum atomic E-state index is -0.0371. The smallest absolute Gasteiger partial charge is 0.234 e. The highest BCUT2D eigenvalue weighted by Crippen LogP contribution is 2.40. The Balaban J connectivity index is 1.47. The molecule has 2 aliphatic rings. The van der Waals surface area contributed by atoms with Crippen LogP contribution >= 0.6 is 11.8 Å². The molecule has 0 radical (unpaired) electrons. The normalized spacial score (nSPS) is 17.5. The number of amidine groups is 1. The van der Waals surface area contributed by atoms with Gasteiger partial charge in [0.25, 0.3) is 0 Å². The summed E-state index contributed by atoms with van der Waals surface area (Å²) < 4.78 is 0. The Kier molecular flexibility index (Phi) is 4.51. The number of fused-ring (bicyclic) bond motifs is 3. The molecule has 0 aromatic heterocycles. The molecule has 0 aliphatic carbocycles. The van der Waals surface area contributed by atoms with Gasteiger partial charge in [-0.05, 0) is 37.1 Å². The fourth-order valence-corrected chi connectivity index (χ4v) is 3.97. The third-order valence-electron chi connectivity index (χ3n) is 4.54. The summed E-state index contributed by atoms with van der Waals surface area (Å²) in [4.78, 5) is 17.1. The molecule has 0 bridgehead atoms. The van der Waals surface area contributed by atoms with Crippen molar-refractivity contribution in [3.63, 3.8) is 0 Å². The van der Waals surface area contributed by atoms with E-state index in [1.807, 2.05) is 61.5 Å². The van der Waals surface area contributed by atoms with Crippen molar-refractivity contribution in [2.24, 2.45) is 10.1 Å². The van der Waals surface area contributed by atoms with E-state index in [1.54, 1.807) is 0 Å². The van der Waals surface area contributed by atoms with Crippen molar-refractivity contribution >= 4 is 40.4 Å². The van der Waals surface area contributed by atoms with Gasteiger partial charge in [-0.3, -0.25) is 4.79 Å². The molecule has 2 aromatic carbocycles. The first-order valence-corrected chi connectivity index (χ1v) is 9.59. The predicted molar refractivity (Wildman–Crippen MR) is 108 cm³/mol. The van der Waals surface area contributed by atoms with Crippen LogP contribution in [-0.4, -0.2) is 28.1 Å². The maximum absolute atomic E-state index is 12.4. The number of hydrogen-bond donors (Lipinski definition) is 1. The molecule has 132 valence electrons. The molecular formula is C20H20N4OS. The van der Waals surface area contributed by atoms with Crippen LogP contribution in [0.2, 0.25) is 0 Å². The number of para-hydroxylation sites is 1. The minimum Gasteiger partial charge on any atom is -0.325 e.